The van der Waals surface area contributed by atoms with Gasteiger partial charge >= 0.3 is 6.61 Å². The number of hydrogen-bond donors (Lipinski definition) is 2. The van der Waals surface area contributed by atoms with E-state index in [1.165, 1.54) is 44.1 Å². The fourth-order valence-corrected chi connectivity index (χ4v) is 7.52. The molecule has 33 heavy (non-hydrogen) atoms. The van der Waals surface area contributed by atoms with Crippen LogP contribution < -0.4 is 0 Å². The van der Waals surface area contributed by atoms with Crippen LogP contribution in [0.1, 0.15) is 78.1 Å². The van der Waals surface area contributed by atoms with Crippen molar-refractivity contribution in [2.45, 2.75) is 103 Å². The van der Waals surface area contributed by atoms with Crippen LogP contribution in [0, 0.1) is 23.2 Å². The molecule has 6 atom stereocenters. The number of halogens is 2. The molecule has 2 N–H and O–H groups in total. The van der Waals surface area contributed by atoms with Crippen molar-refractivity contribution >= 4 is 0 Å². The van der Waals surface area contributed by atoms with Crippen LogP contribution >= 0.6 is 0 Å². The average molecular weight is 468 g/mol. The molecule has 4 fully saturated rings. The Morgan fingerprint density at radius 1 is 1.15 bits per heavy atom. The third kappa shape index (κ3) is 6.06. The molecular formula is C27H43F2NO3. The molecule has 4 aliphatic rings. The van der Waals surface area contributed by atoms with Crippen LogP contribution in [0.15, 0.2) is 23.3 Å². The van der Waals surface area contributed by atoms with Crippen molar-refractivity contribution in [1.29, 1.82) is 0 Å². The monoisotopic (exact) mass is 467 g/mol. The Hall–Kier alpha value is -0.820. The zero-order valence-corrected chi connectivity index (χ0v) is 20.4. The highest BCUT2D eigenvalue weighted by Gasteiger charge is 2.50. The minimum absolute atomic E-state index is 0.292. The first-order valence-electron chi connectivity index (χ1n) is 13.1. The van der Waals surface area contributed by atoms with Crippen LogP contribution in [0.3, 0.4) is 0 Å². The van der Waals surface area contributed by atoms with Gasteiger partial charge in [-0.2, -0.15) is 8.78 Å². The molecule has 188 valence electrons. The average Bonchev–Trinajstić information content (AvgIpc) is 3.06. The first kappa shape index (κ1) is 25.3. The minimum atomic E-state index is -2.65. The van der Waals surface area contributed by atoms with E-state index in [4.69, 9.17) is 0 Å². The fourth-order valence-electron chi connectivity index (χ4n) is 7.52. The zero-order valence-electron chi connectivity index (χ0n) is 20.4. The van der Waals surface area contributed by atoms with Crippen LogP contribution in [-0.4, -0.2) is 59.7 Å². The molecule has 6 heteroatoms. The van der Waals surface area contributed by atoms with E-state index in [-0.39, 0.29) is 6.10 Å². The number of aliphatic hydroxyl groups is 2. The quantitative estimate of drug-likeness (QED) is 0.509. The van der Waals surface area contributed by atoms with Gasteiger partial charge in [-0.05, 0) is 93.9 Å². The maximum atomic E-state index is 12.3. The van der Waals surface area contributed by atoms with E-state index in [1.54, 1.807) is 5.57 Å². The second-order valence-electron chi connectivity index (χ2n) is 11.5. The van der Waals surface area contributed by atoms with E-state index in [0.717, 1.165) is 18.9 Å². The number of ether oxygens (including phenoxy) is 1. The molecule has 1 heterocycles. The van der Waals surface area contributed by atoms with Gasteiger partial charge in [0, 0.05) is 13.1 Å². The van der Waals surface area contributed by atoms with Gasteiger partial charge in [-0.1, -0.05) is 37.1 Å². The van der Waals surface area contributed by atoms with Gasteiger partial charge < -0.3 is 14.9 Å². The Balaban J connectivity index is 1.29. The second-order valence-corrected chi connectivity index (χ2v) is 11.5. The second kappa shape index (κ2) is 10.8. The lowest BCUT2D eigenvalue weighted by Gasteiger charge is -2.44. The SMILES string of the molecule is CC(CCCN1CC(OC(F)F)C1)[C@H]1CC[C@H]2/C(=C/C=C3C[C@@H](O)C[C@H](O)C3)CCC[C@]12C. The summed E-state index contributed by atoms with van der Waals surface area (Å²) in [7, 11) is 0. The lowest BCUT2D eigenvalue weighted by Crippen LogP contribution is -2.52. The predicted molar refractivity (Wildman–Crippen MR) is 126 cm³/mol. The van der Waals surface area contributed by atoms with Crippen molar-refractivity contribution in [1.82, 2.24) is 4.90 Å². The van der Waals surface area contributed by atoms with Crippen LogP contribution in [0.2, 0.25) is 0 Å². The Kier molecular flexibility index (Phi) is 8.31. The van der Waals surface area contributed by atoms with Gasteiger partial charge in [-0.25, -0.2) is 0 Å². The number of hydrogen-bond acceptors (Lipinski definition) is 4. The summed E-state index contributed by atoms with van der Waals surface area (Å²) < 4.78 is 29.1. The third-order valence-corrected chi connectivity index (χ3v) is 9.15. The number of likely N-dealkylation sites (tertiary alicyclic amines) is 1. The first-order valence-corrected chi connectivity index (χ1v) is 13.1. The van der Waals surface area contributed by atoms with E-state index in [0.29, 0.717) is 49.6 Å². The Bertz CT molecular complexity index is 708. The molecule has 3 saturated carbocycles. The molecule has 0 aromatic carbocycles. The maximum absolute atomic E-state index is 12.3. The third-order valence-electron chi connectivity index (χ3n) is 9.15. The molecule has 0 amide bonds. The van der Waals surface area contributed by atoms with Crippen LogP contribution in [0.25, 0.3) is 0 Å². The lowest BCUT2D eigenvalue weighted by atomic mass is 9.60. The largest absolute Gasteiger partial charge is 0.393 e. The van der Waals surface area contributed by atoms with Crippen molar-refractivity contribution in [2.24, 2.45) is 23.2 Å². The highest BCUT2D eigenvalue weighted by atomic mass is 19.3. The van der Waals surface area contributed by atoms with Gasteiger partial charge in [0.2, 0.25) is 0 Å². The highest BCUT2D eigenvalue weighted by molar-refractivity contribution is 5.26. The van der Waals surface area contributed by atoms with Gasteiger partial charge in [0.15, 0.2) is 0 Å². The maximum Gasteiger partial charge on any atom is 0.345 e. The van der Waals surface area contributed by atoms with Gasteiger partial charge in [-0.15, -0.1) is 0 Å². The molecule has 1 unspecified atom stereocenters. The topological polar surface area (TPSA) is 52.9 Å². The van der Waals surface area contributed by atoms with E-state index in [1.807, 2.05) is 0 Å². The van der Waals surface area contributed by atoms with Gasteiger partial charge in [0.1, 0.15) is 0 Å². The standard InChI is InChI=1S/C27H43F2NO3/c1-18(5-4-12-30-16-23(17-30)33-26(28)29)24-9-10-25-20(6-3-11-27(24,25)2)8-7-19-13-21(31)15-22(32)14-19/h7-8,18,21-26,31-32H,3-6,9-17H2,1-2H3/b20-8+/t18?,21-,22-,24-,25+,27-/m1/s1. The van der Waals surface area contributed by atoms with Gasteiger partial charge in [0.05, 0.1) is 18.3 Å². The Labute approximate surface area is 198 Å². The molecule has 4 nitrogen and oxygen atoms in total. The number of rotatable bonds is 8. The molecule has 0 aromatic rings. The van der Waals surface area contributed by atoms with E-state index < -0.39 is 18.8 Å². The molecular weight excluding hydrogens is 424 g/mol. The normalized spacial score (nSPS) is 37.9. The fraction of sp³-hybridized carbons (Fsp3) is 0.852. The lowest BCUT2D eigenvalue weighted by molar-refractivity contribution is -0.195. The number of alkyl halides is 2. The van der Waals surface area contributed by atoms with Crippen molar-refractivity contribution < 1.29 is 23.7 Å². The van der Waals surface area contributed by atoms with Crippen molar-refractivity contribution in [2.75, 3.05) is 19.6 Å². The highest BCUT2D eigenvalue weighted by Crippen LogP contribution is 2.59. The number of allylic oxidation sites excluding steroid dienone is 3. The van der Waals surface area contributed by atoms with Gasteiger partial charge in [-0.3, -0.25) is 4.90 Å². The van der Waals surface area contributed by atoms with Crippen LogP contribution in [0.4, 0.5) is 8.78 Å². The summed E-state index contributed by atoms with van der Waals surface area (Å²) in [5, 5.41) is 20.0. The molecule has 0 spiro atoms. The number of nitrogens with zero attached hydrogens (tertiary/aromatic N) is 1. The first-order chi connectivity index (χ1) is 15.7. The summed E-state index contributed by atoms with van der Waals surface area (Å²) in [6.45, 7) is 4.54. The molecule has 0 radical (unpaired) electrons. The number of aliphatic hydroxyl groups excluding tert-OH is 2. The van der Waals surface area contributed by atoms with E-state index in [2.05, 4.69) is 35.6 Å². The summed E-state index contributed by atoms with van der Waals surface area (Å²) in [4.78, 5) is 2.23. The van der Waals surface area contributed by atoms with Crippen LogP contribution in [0.5, 0.6) is 0 Å². The van der Waals surface area contributed by atoms with E-state index in [9.17, 15) is 19.0 Å². The molecule has 3 aliphatic carbocycles. The van der Waals surface area contributed by atoms with Gasteiger partial charge in [0.25, 0.3) is 0 Å². The summed E-state index contributed by atoms with van der Waals surface area (Å²) in [5.74, 6) is 2.07. The van der Waals surface area contributed by atoms with Crippen molar-refractivity contribution in [3.05, 3.63) is 23.3 Å². The summed E-state index contributed by atoms with van der Waals surface area (Å²) in [6, 6.07) is 0. The molecule has 0 aromatic heterocycles. The minimum Gasteiger partial charge on any atom is -0.393 e. The van der Waals surface area contributed by atoms with Crippen LogP contribution in [-0.2, 0) is 4.74 Å². The Morgan fingerprint density at radius 3 is 2.58 bits per heavy atom. The predicted octanol–water partition coefficient (Wildman–Crippen LogP) is 5.30. The molecule has 1 aliphatic heterocycles. The molecule has 4 rings (SSSR count). The Morgan fingerprint density at radius 2 is 1.88 bits per heavy atom. The summed E-state index contributed by atoms with van der Waals surface area (Å²) in [6.07, 6.45) is 13.9. The summed E-state index contributed by atoms with van der Waals surface area (Å²) in [5.41, 5.74) is 3.11. The van der Waals surface area contributed by atoms with Crippen molar-refractivity contribution in [3.8, 4) is 0 Å². The smallest absolute Gasteiger partial charge is 0.345 e. The summed E-state index contributed by atoms with van der Waals surface area (Å²) >= 11 is 0. The zero-order chi connectivity index (χ0) is 23.6. The number of fused-ring (bicyclic) bond motifs is 1. The van der Waals surface area contributed by atoms with Crippen molar-refractivity contribution in [3.63, 3.8) is 0 Å². The molecule has 0 bridgehead atoms. The molecule has 1 saturated heterocycles. The van der Waals surface area contributed by atoms with E-state index >= 15 is 0 Å².